The maximum Gasteiger partial charge on any atom is 0.253 e. The van der Waals surface area contributed by atoms with Gasteiger partial charge in [0, 0.05) is 50.4 Å². The van der Waals surface area contributed by atoms with E-state index in [2.05, 4.69) is 45.0 Å². The van der Waals surface area contributed by atoms with Gasteiger partial charge in [0.25, 0.3) is 5.91 Å². The fourth-order valence-corrected chi connectivity index (χ4v) is 4.49. The molecule has 0 aliphatic carbocycles. The van der Waals surface area contributed by atoms with E-state index in [4.69, 9.17) is 5.41 Å². The van der Waals surface area contributed by atoms with Gasteiger partial charge in [-0.3, -0.25) is 19.8 Å². The Bertz CT molecular complexity index is 1300. The molecule has 1 amide bonds. The zero-order chi connectivity index (χ0) is 24.9. The second-order valence-corrected chi connectivity index (χ2v) is 9.27. The number of amidine groups is 1. The van der Waals surface area contributed by atoms with Crippen LogP contribution in [-0.2, 0) is 13.6 Å². The number of hydrogen-bond donors (Lipinski definition) is 2. The number of azo groups is 1. The van der Waals surface area contributed by atoms with Gasteiger partial charge in [0.2, 0.25) is 0 Å². The molecule has 1 fully saturated rings. The van der Waals surface area contributed by atoms with Crippen molar-refractivity contribution in [1.82, 2.24) is 19.6 Å². The Morgan fingerprint density at radius 2 is 1.86 bits per heavy atom. The molecule has 0 saturated carbocycles. The van der Waals surface area contributed by atoms with Crippen LogP contribution < -0.4 is 10.4 Å². The number of hydrogen-bond acceptors (Lipinski definition) is 4. The van der Waals surface area contributed by atoms with E-state index >= 15 is 0 Å². The summed E-state index contributed by atoms with van der Waals surface area (Å²) in [7, 11) is 5.56. The number of aryl methyl sites for hydroxylation is 1. The van der Waals surface area contributed by atoms with Gasteiger partial charge in [0.1, 0.15) is 0 Å². The predicted octanol–water partition coefficient (Wildman–Crippen LogP) is 3.08. The van der Waals surface area contributed by atoms with E-state index in [0.717, 1.165) is 54.2 Å². The summed E-state index contributed by atoms with van der Waals surface area (Å²) in [5.74, 6) is 0.687. The molecule has 0 radical (unpaired) electrons. The van der Waals surface area contributed by atoms with E-state index in [0.29, 0.717) is 11.6 Å². The van der Waals surface area contributed by atoms with Crippen LogP contribution in [0.2, 0.25) is 0 Å². The highest BCUT2D eigenvalue weighted by Gasteiger charge is 2.21. The Kier molecular flexibility index (Phi) is 7.41. The first-order chi connectivity index (χ1) is 16.8. The zero-order valence-electron chi connectivity index (χ0n) is 20.7. The number of benzene rings is 1. The van der Waals surface area contributed by atoms with Crippen molar-refractivity contribution in [2.45, 2.75) is 25.3 Å². The van der Waals surface area contributed by atoms with Crippen molar-refractivity contribution < 1.29 is 4.79 Å². The summed E-state index contributed by atoms with van der Waals surface area (Å²) >= 11 is 0. The maximum absolute atomic E-state index is 12.2. The lowest BCUT2D eigenvalue weighted by atomic mass is 9.89. The number of nitrogens with zero attached hydrogens (tertiary/aromatic N) is 5. The highest BCUT2D eigenvalue weighted by molar-refractivity contribution is 5.94. The van der Waals surface area contributed by atoms with Gasteiger partial charge >= 0.3 is 0 Å². The molecule has 1 aromatic carbocycles. The lowest BCUT2D eigenvalue weighted by Gasteiger charge is -2.32. The number of aromatic amines is 1. The van der Waals surface area contributed by atoms with Gasteiger partial charge in [-0.2, -0.15) is 0 Å². The normalized spacial score (nSPS) is 18.0. The molecule has 1 aromatic heterocycles. The monoisotopic (exact) mass is 471 g/mol. The fourth-order valence-electron chi connectivity index (χ4n) is 4.49. The first kappa shape index (κ1) is 24.3. The Morgan fingerprint density at radius 3 is 2.49 bits per heavy atom. The molecule has 2 aromatic rings. The molecule has 2 aliphatic heterocycles. The van der Waals surface area contributed by atoms with Crippen LogP contribution in [0, 0.1) is 5.41 Å². The van der Waals surface area contributed by atoms with E-state index in [9.17, 15) is 4.79 Å². The van der Waals surface area contributed by atoms with Crippen LogP contribution in [0.5, 0.6) is 0 Å². The van der Waals surface area contributed by atoms with Crippen LogP contribution in [0.15, 0.2) is 65.0 Å². The minimum Gasteiger partial charge on any atom is -0.345 e. The number of piperidine rings is 1. The molecule has 0 bridgehead atoms. The van der Waals surface area contributed by atoms with Crippen LogP contribution >= 0.6 is 0 Å². The highest BCUT2D eigenvalue weighted by Crippen LogP contribution is 2.28. The summed E-state index contributed by atoms with van der Waals surface area (Å²) in [6.07, 6.45) is 7.47. The van der Waals surface area contributed by atoms with Gasteiger partial charge in [0.05, 0.1) is 5.70 Å². The van der Waals surface area contributed by atoms with Gasteiger partial charge in [-0.05, 0) is 79.0 Å². The number of rotatable bonds is 4. The van der Waals surface area contributed by atoms with E-state index < -0.39 is 0 Å². The fraction of sp³-hybridized carbons (Fsp3) is 0.333. The van der Waals surface area contributed by atoms with Gasteiger partial charge in [0.15, 0.2) is 5.84 Å². The second kappa shape index (κ2) is 10.7. The maximum atomic E-state index is 12.2. The molecule has 182 valence electrons. The molecule has 0 atom stereocenters. The van der Waals surface area contributed by atoms with Gasteiger partial charge in [-0.15, -0.1) is 10.2 Å². The van der Waals surface area contributed by atoms with Crippen molar-refractivity contribution in [2.24, 2.45) is 17.3 Å². The van der Waals surface area contributed by atoms with Crippen molar-refractivity contribution in [1.29, 1.82) is 5.41 Å². The van der Waals surface area contributed by atoms with Crippen molar-refractivity contribution in [2.75, 3.05) is 27.2 Å². The minimum atomic E-state index is 0.0360. The van der Waals surface area contributed by atoms with Crippen LogP contribution in [-0.4, -0.2) is 58.5 Å². The second-order valence-electron chi connectivity index (χ2n) is 9.27. The SMILES string of the molecule is C=c1cc(CN2CCC(c3ccc(C(=O)N(C)C)cc3)CC2)n(C)[nH]cc/c1=C1/C=CC(=N)N=N1. The standard InChI is InChI=1S/C27H33N7O/c1-19-17-23(33(4)29-14-11-24(19)25-9-10-26(28)31-30-25)18-34-15-12-21(13-16-34)20-5-7-22(8-6-20)27(35)32(2)3/h5-11,14,17,21,28-29H,1,12-13,15-16,18H2,2-4H3/b14-11?,23-17?,25-24+,28-26?. The number of amides is 1. The third kappa shape index (κ3) is 5.84. The zero-order valence-corrected chi connectivity index (χ0v) is 20.7. The van der Waals surface area contributed by atoms with Crippen molar-refractivity contribution >= 4 is 24.0 Å². The number of aromatic nitrogens is 2. The number of nitrogens with one attached hydrogen (secondary N) is 2. The van der Waals surface area contributed by atoms with Crippen molar-refractivity contribution in [3.63, 3.8) is 0 Å². The predicted molar refractivity (Wildman–Crippen MR) is 139 cm³/mol. The van der Waals surface area contributed by atoms with Crippen LogP contribution in [0.1, 0.15) is 40.4 Å². The molecule has 35 heavy (non-hydrogen) atoms. The van der Waals surface area contributed by atoms with Crippen LogP contribution in [0.4, 0.5) is 0 Å². The summed E-state index contributed by atoms with van der Waals surface area (Å²) in [6, 6.07) is 12.1. The van der Waals surface area contributed by atoms with E-state index in [1.807, 2.05) is 36.1 Å². The lowest BCUT2D eigenvalue weighted by molar-refractivity contribution is 0.0827. The van der Waals surface area contributed by atoms with Crippen molar-refractivity contribution in [3.8, 4) is 0 Å². The Balaban J connectivity index is 1.47. The molecule has 8 nitrogen and oxygen atoms in total. The molecule has 3 heterocycles. The van der Waals surface area contributed by atoms with Crippen LogP contribution in [0.3, 0.4) is 0 Å². The summed E-state index contributed by atoms with van der Waals surface area (Å²) < 4.78 is 2.02. The third-order valence-corrected chi connectivity index (χ3v) is 6.58. The Morgan fingerprint density at radius 1 is 1.14 bits per heavy atom. The number of carbonyl (C=O) groups excluding carboxylic acids is 1. The number of H-pyrrole nitrogens is 1. The first-order valence-corrected chi connectivity index (χ1v) is 11.8. The molecule has 0 spiro atoms. The summed E-state index contributed by atoms with van der Waals surface area (Å²) in [5.41, 5.74) is 3.85. The quantitative estimate of drug-likeness (QED) is 0.717. The van der Waals surface area contributed by atoms with Crippen molar-refractivity contribution in [3.05, 3.63) is 82.0 Å². The van der Waals surface area contributed by atoms with E-state index in [-0.39, 0.29) is 11.7 Å². The summed E-state index contributed by atoms with van der Waals surface area (Å²) in [6.45, 7) is 7.09. The molecule has 4 rings (SSSR count). The van der Waals surface area contributed by atoms with Gasteiger partial charge in [-0.25, -0.2) is 0 Å². The summed E-state index contributed by atoms with van der Waals surface area (Å²) in [4.78, 5) is 16.2. The summed E-state index contributed by atoms with van der Waals surface area (Å²) in [5, 5.41) is 20.6. The average molecular weight is 472 g/mol. The van der Waals surface area contributed by atoms with Crippen LogP contribution in [0.25, 0.3) is 12.3 Å². The molecule has 2 aliphatic rings. The molecular weight excluding hydrogens is 438 g/mol. The largest absolute Gasteiger partial charge is 0.345 e. The van der Waals surface area contributed by atoms with Gasteiger partial charge in [-0.1, -0.05) is 18.7 Å². The molecule has 0 unspecified atom stereocenters. The first-order valence-electron chi connectivity index (χ1n) is 11.8. The van der Waals surface area contributed by atoms with E-state index in [1.165, 1.54) is 5.56 Å². The van der Waals surface area contributed by atoms with E-state index in [1.54, 1.807) is 31.1 Å². The molecule has 2 N–H and O–H groups in total. The third-order valence-electron chi connectivity index (χ3n) is 6.58. The van der Waals surface area contributed by atoms with Gasteiger partial charge < -0.3 is 10.00 Å². The topological polar surface area (TPSA) is 92.8 Å². The lowest BCUT2D eigenvalue weighted by Crippen LogP contribution is -2.34. The Labute approximate surface area is 205 Å². The number of likely N-dealkylation sites (tertiary alicyclic amines) is 1. The molecule has 8 heteroatoms. The average Bonchev–Trinajstić information content (AvgIpc) is 2.86. The molecular formula is C27H33N7O. The minimum absolute atomic E-state index is 0.0360. The highest BCUT2D eigenvalue weighted by atomic mass is 16.2. The smallest absolute Gasteiger partial charge is 0.253 e. The molecule has 1 saturated heterocycles. The number of carbonyl (C=O) groups is 1. The Hall–Kier alpha value is -3.78.